The highest BCUT2D eigenvalue weighted by Crippen LogP contribution is 2.53. The Bertz CT molecular complexity index is 758. The maximum absolute atomic E-state index is 11.9. The van der Waals surface area contributed by atoms with Crippen LogP contribution in [-0.2, 0) is 9.59 Å². The zero-order valence-corrected chi connectivity index (χ0v) is 14.4. The van der Waals surface area contributed by atoms with Gasteiger partial charge in [0.15, 0.2) is 5.13 Å². The van der Waals surface area contributed by atoms with Crippen molar-refractivity contribution in [2.45, 2.75) is 17.7 Å². The number of nitrogens with one attached hydrogen (secondary N) is 2. The van der Waals surface area contributed by atoms with Crippen molar-refractivity contribution in [2.24, 2.45) is 5.92 Å². The molecule has 1 aromatic heterocycles. The van der Waals surface area contributed by atoms with Gasteiger partial charge in [0, 0.05) is 23.6 Å². The van der Waals surface area contributed by atoms with E-state index in [9.17, 15) is 9.59 Å². The molecule has 23 heavy (non-hydrogen) atoms. The molecule has 3 rings (SSSR count). The first-order valence-electron chi connectivity index (χ1n) is 6.87. The summed E-state index contributed by atoms with van der Waals surface area (Å²) >= 11 is 13.1. The number of nitrogens with zero attached hydrogens (tertiary/aromatic N) is 1. The lowest BCUT2D eigenvalue weighted by molar-refractivity contribution is -0.117. The van der Waals surface area contributed by atoms with Crippen LogP contribution in [0, 0.1) is 5.92 Å². The third-order valence-corrected chi connectivity index (χ3v) is 4.97. The Morgan fingerprint density at radius 2 is 1.91 bits per heavy atom. The highest BCUT2D eigenvalue weighted by Gasteiger charge is 2.56. The highest BCUT2D eigenvalue weighted by molar-refractivity contribution is 7.14. The standard InChI is InChI=1S/C15H13Cl2N3O2S/c1-8(21)18-10-4-2-9(3-5-10)12-7-23-14(19-12)20-13(22)11-6-15(11,16)17/h2-5,7,11H,6H2,1H3,(H,18,21)(H,19,20,22). The van der Waals surface area contributed by atoms with E-state index in [2.05, 4.69) is 15.6 Å². The Morgan fingerprint density at radius 1 is 1.26 bits per heavy atom. The Labute approximate surface area is 147 Å². The number of halogens is 2. The summed E-state index contributed by atoms with van der Waals surface area (Å²) in [6.07, 6.45) is 0.463. The summed E-state index contributed by atoms with van der Waals surface area (Å²) in [4.78, 5) is 27.3. The number of aromatic nitrogens is 1. The summed E-state index contributed by atoms with van der Waals surface area (Å²) in [6, 6.07) is 7.31. The molecule has 1 aliphatic carbocycles. The normalized spacial score (nSPS) is 18.3. The first-order chi connectivity index (χ1) is 10.8. The first kappa shape index (κ1) is 16.2. The molecule has 2 amide bonds. The average Bonchev–Trinajstić information content (AvgIpc) is 2.91. The third-order valence-electron chi connectivity index (χ3n) is 3.38. The van der Waals surface area contributed by atoms with Crippen LogP contribution in [0.5, 0.6) is 0 Å². The maximum Gasteiger partial charge on any atom is 0.232 e. The van der Waals surface area contributed by atoms with Gasteiger partial charge in [-0.15, -0.1) is 34.5 Å². The van der Waals surface area contributed by atoms with E-state index < -0.39 is 4.33 Å². The lowest BCUT2D eigenvalue weighted by Gasteiger charge is -2.03. The Kier molecular flexibility index (Phi) is 4.31. The number of hydrogen-bond donors (Lipinski definition) is 2. The molecule has 5 nitrogen and oxygen atoms in total. The average molecular weight is 370 g/mol. The van der Waals surface area contributed by atoms with E-state index in [0.717, 1.165) is 16.9 Å². The van der Waals surface area contributed by atoms with Gasteiger partial charge in [0.05, 0.1) is 11.6 Å². The molecule has 1 atom stereocenters. The van der Waals surface area contributed by atoms with E-state index in [1.165, 1.54) is 18.3 Å². The van der Waals surface area contributed by atoms with E-state index in [4.69, 9.17) is 23.2 Å². The van der Waals surface area contributed by atoms with Crippen LogP contribution >= 0.6 is 34.5 Å². The SMILES string of the molecule is CC(=O)Nc1ccc(-c2csc(NC(=O)C3CC3(Cl)Cl)n2)cc1. The first-order valence-corrected chi connectivity index (χ1v) is 8.51. The number of amides is 2. The van der Waals surface area contributed by atoms with Gasteiger partial charge in [-0.25, -0.2) is 4.98 Å². The summed E-state index contributed by atoms with van der Waals surface area (Å²) in [7, 11) is 0. The predicted molar refractivity (Wildman–Crippen MR) is 93.0 cm³/mol. The van der Waals surface area contributed by atoms with Crippen LogP contribution in [0.2, 0.25) is 0 Å². The molecule has 1 saturated carbocycles. The van der Waals surface area contributed by atoms with Crippen LogP contribution in [-0.4, -0.2) is 21.1 Å². The van der Waals surface area contributed by atoms with Gasteiger partial charge in [-0.3, -0.25) is 9.59 Å². The summed E-state index contributed by atoms with van der Waals surface area (Å²) in [5, 5.41) is 7.79. The van der Waals surface area contributed by atoms with E-state index in [1.54, 1.807) is 12.1 Å². The second-order valence-corrected chi connectivity index (χ2v) is 7.70. The van der Waals surface area contributed by atoms with Gasteiger partial charge in [0.25, 0.3) is 0 Å². The van der Waals surface area contributed by atoms with Gasteiger partial charge in [0.1, 0.15) is 4.33 Å². The fourth-order valence-corrected chi connectivity index (χ4v) is 3.31. The molecular formula is C15H13Cl2N3O2S. The van der Waals surface area contributed by atoms with Crippen LogP contribution in [0.4, 0.5) is 10.8 Å². The maximum atomic E-state index is 11.9. The molecule has 8 heteroatoms. The number of alkyl halides is 2. The molecule has 1 heterocycles. The zero-order chi connectivity index (χ0) is 16.6. The summed E-state index contributed by atoms with van der Waals surface area (Å²) in [5.74, 6) is -0.710. The molecule has 0 saturated heterocycles. The molecule has 2 N–H and O–H groups in total. The quantitative estimate of drug-likeness (QED) is 0.802. The minimum absolute atomic E-state index is 0.119. The molecule has 0 bridgehead atoms. The van der Waals surface area contributed by atoms with Crippen molar-refractivity contribution >= 4 is 57.2 Å². The number of anilines is 2. The van der Waals surface area contributed by atoms with Crippen LogP contribution in [0.3, 0.4) is 0 Å². The Balaban J connectivity index is 1.67. The second kappa shape index (κ2) is 6.11. The number of benzene rings is 1. The molecular weight excluding hydrogens is 357 g/mol. The van der Waals surface area contributed by atoms with Crippen LogP contribution in [0.25, 0.3) is 11.3 Å². The summed E-state index contributed by atoms with van der Waals surface area (Å²) in [6.45, 7) is 1.46. The third kappa shape index (κ3) is 3.83. The van der Waals surface area contributed by atoms with Crippen LogP contribution in [0.15, 0.2) is 29.6 Å². The van der Waals surface area contributed by atoms with E-state index in [-0.39, 0.29) is 17.7 Å². The summed E-state index contributed by atoms with van der Waals surface area (Å²) < 4.78 is -0.941. The number of rotatable bonds is 4. The van der Waals surface area contributed by atoms with E-state index >= 15 is 0 Å². The molecule has 1 unspecified atom stereocenters. The van der Waals surface area contributed by atoms with E-state index in [1.807, 2.05) is 17.5 Å². The van der Waals surface area contributed by atoms with Crippen LogP contribution < -0.4 is 10.6 Å². The molecule has 2 aromatic rings. The zero-order valence-electron chi connectivity index (χ0n) is 12.1. The van der Waals surface area contributed by atoms with Gasteiger partial charge in [-0.2, -0.15) is 0 Å². The smallest absolute Gasteiger partial charge is 0.232 e. The van der Waals surface area contributed by atoms with E-state index in [0.29, 0.717) is 11.6 Å². The van der Waals surface area contributed by atoms with Gasteiger partial charge >= 0.3 is 0 Å². The summed E-state index contributed by atoms with van der Waals surface area (Å²) in [5.41, 5.74) is 2.36. The number of carbonyl (C=O) groups excluding carboxylic acids is 2. The Hall–Kier alpha value is -1.63. The van der Waals surface area contributed by atoms with Crippen molar-refractivity contribution in [1.82, 2.24) is 4.98 Å². The highest BCUT2D eigenvalue weighted by atomic mass is 35.5. The van der Waals surface area contributed by atoms with Gasteiger partial charge < -0.3 is 10.6 Å². The van der Waals surface area contributed by atoms with Gasteiger partial charge in [-0.1, -0.05) is 12.1 Å². The second-order valence-electron chi connectivity index (χ2n) is 5.30. The largest absolute Gasteiger partial charge is 0.326 e. The fraction of sp³-hybridized carbons (Fsp3) is 0.267. The van der Waals surface area contributed by atoms with Crippen molar-refractivity contribution < 1.29 is 9.59 Å². The van der Waals surface area contributed by atoms with Gasteiger partial charge in [-0.05, 0) is 18.6 Å². The van der Waals surface area contributed by atoms with Crippen LogP contribution in [0.1, 0.15) is 13.3 Å². The minimum Gasteiger partial charge on any atom is -0.326 e. The Morgan fingerprint density at radius 3 is 2.48 bits per heavy atom. The molecule has 120 valence electrons. The molecule has 1 aromatic carbocycles. The lowest BCUT2D eigenvalue weighted by atomic mass is 10.1. The van der Waals surface area contributed by atoms with Crippen molar-refractivity contribution in [3.63, 3.8) is 0 Å². The minimum atomic E-state index is -0.941. The molecule has 0 spiro atoms. The number of hydrogen-bond acceptors (Lipinski definition) is 4. The molecule has 1 aliphatic rings. The molecule has 0 radical (unpaired) electrons. The lowest BCUT2D eigenvalue weighted by Crippen LogP contribution is -2.16. The number of carbonyl (C=O) groups is 2. The van der Waals surface area contributed by atoms with Crippen molar-refractivity contribution in [1.29, 1.82) is 0 Å². The molecule has 1 fully saturated rings. The van der Waals surface area contributed by atoms with Crippen molar-refractivity contribution in [2.75, 3.05) is 10.6 Å². The fourth-order valence-electron chi connectivity index (χ4n) is 2.08. The van der Waals surface area contributed by atoms with Gasteiger partial charge in [0.2, 0.25) is 11.8 Å². The number of thiazole rings is 1. The topological polar surface area (TPSA) is 71.1 Å². The van der Waals surface area contributed by atoms with Crippen molar-refractivity contribution in [3.05, 3.63) is 29.6 Å². The van der Waals surface area contributed by atoms with Crippen molar-refractivity contribution in [3.8, 4) is 11.3 Å². The molecule has 0 aliphatic heterocycles. The monoisotopic (exact) mass is 369 g/mol. The predicted octanol–water partition coefficient (Wildman–Crippen LogP) is 3.90.